The second-order valence-corrected chi connectivity index (χ2v) is 9.66. The fourth-order valence-corrected chi connectivity index (χ4v) is 4.20. The lowest BCUT2D eigenvalue weighted by Gasteiger charge is -2.30. The van der Waals surface area contributed by atoms with Gasteiger partial charge in [-0.05, 0) is 25.0 Å². The van der Waals surface area contributed by atoms with Crippen LogP contribution >= 0.6 is 11.8 Å². The van der Waals surface area contributed by atoms with Gasteiger partial charge in [-0.2, -0.15) is 11.8 Å². The number of nitrogens with one attached hydrogen (secondary N) is 2. The van der Waals surface area contributed by atoms with Crippen molar-refractivity contribution >= 4 is 27.6 Å². The van der Waals surface area contributed by atoms with E-state index in [2.05, 4.69) is 34.3 Å². The van der Waals surface area contributed by atoms with Gasteiger partial charge in [0.25, 0.3) is 0 Å². The molecule has 2 unspecified atom stereocenters. The molecular formula is C15H31N3O3S2. The summed E-state index contributed by atoms with van der Waals surface area (Å²) in [7, 11) is -1.18. The zero-order valence-corrected chi connectivity index (χ0v) is 16.1. The number of nitrogens with zero attached hydrogens (tertiary/aromatic N) is 1. The fourth-order valence-electron chi connectivity index (χ4n) is 2.61. The number of guanidine groups is 1. The van der Waals surface area contributed by atoms with Crippen LogP contribution in [-0.4, -0.2) is 70.2 Å². The Bertz CT molecular complexity index is 453. The van der Waals surface area contributed by atoms with E-state index >= 15 is 0 Å². The lowest BCUT2D eigenvalue weighted by atomic mass is 9.95. The topological polar surface area (TPSA) is 79.8 Å². The molecule has 1 rings (SSSR count). The Balaban J connectivity index is 2.19. The van der Waals surface area contributed by atoms with E-state index in [1.165, 1.54) is 37.7 Å². The molecule has 0 bridgehead atoms. The molecule has 2 N–H and O–H groups in total. The van der Waals surface area contributed by atoms with Crippen molar-refractivity contribution in [3.63, 3.8) is 0 Å². The van der Waals surface area contributed by atoms with Gasteiger partial charge in [-0.25, -0.2) is 8.42 Å². The smallest absolute Gasteiger partial charge is 0.191 e. The highest BCUT2D eigenvalue weighted by Crippen LogP contribution is 2.28. The highest BCUT2D eigenvalue weighted by molar-refractivity contribution is 7.99. The minimum absolute atomic E-state index is 0.0680. The summed E-state index contributed by atoms with van der Waals surface area (Å²) in [6.45, 7) is 3.54. The molecule has 0 radical (unpaired) electrons. The predicted octanol–water partition coefficient (Wildman–Crippen LogP) is 1.28. The Labute approximate surface area is 145 Å². The van der Waals surface area contributed by atoms with Crippen LogP contribution in [-0.2, 0) is 14.6 Å². The van der Waals surface area contributed by atoms with Gasteiger partial charge in [0.05, 0.1) is 19.0 Å². The third kappa shape index (κ3) is 10.1. The molecule has 1 fully saturated rings. The number of hydrogen-bond acceptors (Lipinski definition) is 5. The van der Waals surface area contributed by atoms with Gasteiger partial charge in [0.1, 0.15) is 9.84 Å². The first-order valence-corrected chi connectivity index (χ1v) is 11.4. The number of hydrogen-bond donors (Lipinski definition) is 2. The van der Waals surface area contributed by atoms with Crippen LogP contribution in [0, 0.1) is 0 Å². The summed E-state index contributed by atoms with van der Waals surface area (Å²) < 4.78 is 27.3. The summed E-state index contributed by atoms with van der Waals surface area (Å²) in [6, 6.07) is 0.477. The van der Waals surface area contributed by atoms with Crippen molar-refractivity contribution < 1.29 is 13.2 Å². The van der Waals surface area contributed by atoms with Crippen LogP contribution in [0.25, 0.3) is 0 Å². The highest BCUT2D eigenvalue weighted by atomic mass is 32.2. The van der Waals surface area contributed by atoms with E-state index in [0.29, 0.717) is 19.2 Å². The Morgan fingerprint density at radius 2 is 2.13 bits per heavy atom. The van der Waals surface area contributed by atoms with E-state index in [-0.39, 0.29) is 12.4 Å². The average molecular weight is 366 g/mol. The highest BCUT2D eigenvalue weighted by Gasteiger charge is 2.22. The van der Waals surface area contributed by atoms with Crippen LogP contribution in [0.4, 0.5) is 0 Å². The second kappa shape index (κ2) is 11.1. The van der Waals surface area contributed by atoms with E-state index in [9.17, 15) is 8.42 Å². The minimum atomic E-state index is -2.95. The van der Waals surface area contributed by atoms with Gasteiger partial charge < -0.3 is 15.4 Å². The maximum atomic E-state index is 11.0. The average Bonchev–Trinajstić information content (AvgIpc) is 2.49. The molecule has 136 valence electrons. The Morgan fingerprint density at radius 1 is 1.35 bits per heavy atom. The molecule has 2 atom stereocenters. The third-order valence-corrected chi connectivity index (χ3v) is 5.87. The van der Waals surface area contributed by atoms with E-state index in [4.69, 9.17) is 4.74 Å². The molecule has 1 saturated carbocycles. The zero-order valence-electron chi connectivity index (χ0n) is 14.5. The SMILES string of the molecule is CCSC1CCCC(NC(=NC)NCCOCCS(C)(=O)=O)C1. The van der Waals surface area contributed by atoms with Crippen LogP contribution in [0.5, 0.6) is 0 Å². The van der Waals surface area contributed by atoms with Crippen molar-refractivity contribution in [3.05, 3.63) is 0 Å². The van der Waals surface area contributed by atoms with Crippen LogP contribution in [0.2, 0.25) is 0 Å². The fraction of sp³-hybridized carbons (Fsp3) is 0.933. The van der Waals surface area contributed by atoms with Gasteiger partial charge in [0.15, 0.2) is 5.96 Å². The maximum absolute atomic E-state index is 11.0. The molecule has 0 aliphatic heterocycles. The normalized spacial score (nSPS) is 22.8. The van der Waals surface area contributed by atoms with Crippen molar-refractivity contribution in [2.24, 2.45) is 4.99 Å². The quantitative estimate of drug-likeness (QED) is 0.364. The molecule has 8 heteroatoms. The zero-order chi connectivity index (χ0) is 17.1. The van der Waals surface area contributed by atoms with Gasteiger partial charge in [0, 0.05) is 31.1 Å². The van der Waals surface area contributed by atoms with Crippen LogP contribution < -0.4 is 10.6 Å². The molecule has 1 aliphatic carbocycles. The van der Waals surface area contributed by atoms with Gasteiger partial charge in [-0.1, -0.05) is 13.3 Å². The number of thioether (sulfide) groups is 1. The first kappa shape index (κ1) is 20.6. The van der Waals surface area contributed by atoms with Crippen molar-refractivity contribution in [2.45, 2.75) is 43.9 Å². The van der Waals surface area contributed by atoms with Crippen molar-refractivity contribution in [3.8, 4) is 0 Å². The van der Waals surface area contributed by atoms with Gasteiger partial charge in [0.2, 0.25) is 0 Å². The van der Waals surface area contributed by atoms with Crippen LogP contribution in [0.15, 0.2) is 4.99 Å². The van der Waals surface area contributed by atoms with E-state index in [1.54, 1.807) is 7.05 Å². The Hall–Kier alpha value is -0.470. The molecule has 0 heterocycles. The van der Waals surface area contributed by atoms with Crippen molar-refractivity contribution in [1.29, 1.82) is 0 Å². The molecule has 0 amide bonds. The molecule has 0 aromatic rings. The van der Waals surface area contributed by atoms with Gasteiger partial charge >= 0.3 is 0 Å². The van der Waals surface area contributed by atoms with Gasteiger partial charge in [-0.15, -0.1) is 0 Å². The van der Waals surface area contributed by atoms with Crippen LogP contribution in [0.3, 0.4) is 0 Å². The van der Waals surface area contributed by atoms with E-state index < -0.39 is 9.84 Å². The summed E-state index contributed by atoms with van der Waals surface area (Å²) in [6.07, 6.45) is 6.17. The standard InChI is InChI=1S/C15H31N3O3S2/c1-4-22-14-7-5-6-13(12-14)18-15(16-2)17-8-9-21-10-11-23(3,19)20/h13-14H,4-12H2,1-3H3,(H2,16,17,18). The third-order valence-electron chi connectivity index (χ3n) is 3.73. The van der Waals surface area contributed by atoms with Crippen LogP contribution in [0.1, 0.15) is 32.6 Å². The number of sulfone groups is 1. The number of aliphatic imine (C=N–C) groups is 1. The molecule has 0 aromatic carbocycles. The van der Waals surface area contributed by atoms with Crippen molar-refractivity contribution in [1.82, 2.24) is 10.6 Å². The first-order chi connectivity index (χ1) is 10.9. The summed E-state index contributed by atoms with van der Waals surface area (Å²) in [4.78, 5) is 4.25. The number of rotatable bonds is 9. The molecule has 23 heavy (non-hydrogen) atoms. The predicted molar refractivity (Wildman–Crippen MR) is 99.2 cm³/mol. The summed E-state index contributed by atoms with van der Waals surface area (Å²) in [5.74, 6) is 2.04. The Morgan fingerprint density at radius 3 is 2.78 bits per heavy atom. The lowest BCUT2D eigenvalue weighted by molar-refractivity contribution is 0.154. The largest absolute Gasteiger partial charge is 0.379 e. The molecule has 6 nitrogen and oxygen atoms in total. The molecular weight excluding hydrogens is 334 g/mol. The first-order valence-electron chi connectivity index (χ1n) is 8.29. The molecule has 0 spiro atoms. The Kier molecular flexibility index (Phi) is 9.97. The summed E-state index contributed by atoms with van der Waals surface area (Å²) >= 11 is 2.05. The molecule has 1 aliphatic rings. The number of ether oxygens (including phenoxy) is 1. The minimum Gasteiger partial charge on any atom is -0.379 e. The monoisotopic (exact) mass is 365 g/mol. The van der Waals surface area contributed by atoms with E-state index in [0.717, 1.165) is 11.2 Å². The summed E-state index contributed by atoms with van der Waals surface area (Å²) in [5.41, 5.74) is 0. The molecule has 0 saturated heterocycles. The second-order valence-electron chi connectivity index (χ2n) is 5.83. The van der Waals surface area contributed by atoms with E-state index in [1.807, 2.05) is 0 Å². The molecule has 0 aromatic heterocycles. The lowest BCUT2D eigenvalue weighted by Crippen LogP contribution is -2.46. The maximum Gasteiger partial charge on any atom is 0.191 e. The summed E-state index contributed by atoms with van der Waals surface area (Å²) in [5, 5.41) is 7.46. The van der Waals surface area contributed by atoms with Crippen molar-refractivity contribution in [2.75, 3.05) is 44.6 Å². The van der Waals surface area contributed by atoms with Gasteiger partial charge in [-0.3, -0.25) is 4.99 Å².